The van der Waals surface area contributed by atoms with Crippen LogP contribution in [0.15, 0.2) is 4.99 Å². The minimum Gasteiger partial charge on any atom is -0.385 e. The van der Waals surface area contributed by atoms with Crippen molar-refractivity contribution in [1.82, 2.24) is 15.5 Å². The first-order valence-electron chi connectivity index (χ1n) is 10.2. The molecule has 2 aliphatic heterocycles. The zero-order chi connectivity index (χ0) is 18.5. The van der Waals surface area contributed by atoms with Crippen molar-refractivity contribution < 1.29 is 14.2 Å². The molecular weight excluding hydrogens is 332 g/mol. The summed E-state index contributed by atoms with van der Waals surface area (Å²) in [6, 6.07) is 0.512. The van der Waals surface area contributed by atoms with E-state index in [1.54, 1.807) is 7.11 Å². The molecule has 152 valence electrons. The molecule has 0 spiro atoms. The summed E-state index contributed by atoms with van der Waals surface area (Å²) in [7, 11) is 3.61. The average molecular weight is 371 g/mol. The summed E-state index contributed by atoms with van der Waals surface area (Å²) in [5.41, 5.74) is 0. The van der Waals surface area contributed by atoms with Crippen LogP contribution in [0.4, 0.5) is 0 Å². The van der Waals surface area contributed by atoms with Gasteiger partial charge in [0.15, 0.2) is 5.96 Å². The second-order valence-electron chi connectivity index (χ2n) is 7.26. The van der Waals surface area contributed by atoms with E-state index < -0.39 is 0 Å². The Kier molecular flexibility index (Phi) is 11.0. The van der Waals surface area contributed by atoms with Crippen LogP contribution in [0.1, 0.15) is 32.1 Å². The molecule has 2 saturated heterocycles. The predicted octanol–water partition coefficient (Wildman–Crippen LogP) is 1.10. The van der Waals surface area contributed by atoms with Crippen molar-refractivity contribution in [2.75, 3.05) is 73.4 Å². The van der Waals surface area contributed by atoms with Crippen molar-refractivity contribution in [3.63, 3.8) is 0 Å². The zero-order valence-electron chi connectivity index (χ0n) is 16.7. The fourth-order valence-electron chi connectivity index (χ4n) is 3.47. The van der Waals surface area contributed by atoms with Gasteiger partial charge in [-0.25, -0.2) is 0 Å². The number of likely N-dealkylation sites (tertiary alicyclic amines) is 1. The Morgan fingerprint density at radius 2 is 2.04 bits per heavy atom. The van der Waals surface area contributed by atoms with E-state index in [0.717, 1.165) is 84.4 Å². The molecule has 7 nitrogen and oxygen atoms in total. The third-order valence-corrected chi connectivity index (χ3v) is 5.11. The van der Waals surface area contributed by atoms with Crippen molar-refractivity contribution in [2.45, 2.75) is 38.1 Å². The third-order valence-electron chi connectivity index (χ3n) is 5.11. The first kappa shape index (κ1) is 21.4. The average Bonchev–Trinajstić information content (AvgIpc) is 3.18. The number of nitrogens with one attached hydrogen (secondary N) is 2. The monoisotopic (exact) mass is 370 g/mol. The molecular formula is C19H38N4O3. The van der Waals surface area contributed by atoms with Gasteiger partial charge in [-0.3, -0.25) is 4.99 Å². The van der Waals surface area contributed by atoms with E-state index in [1.165, 1.54) is 12.8 Å². The molecule has 0 aliphatic carbocycles. The van der Waals surface area contributed by atoms with E-state index in [0.29, 0.717) is 12.0 Å². The van der Waals surface area contributed by atoms with Gasteiger partial charge in [0.25, 0.3) is 0 Å². The highest BCUT2D eigenvalue weighted by Gasteiger charge is 2.19. The number of aliphatic imine (C=N–C) groups is 1. The quantitative estimate of drug-likeness (QED) is 0.322. The standard InChI is InChI=1S/C19H38N4O3/c1-20-19(21-8-3-13-25-15-17-7-14-26-16-17)22-18-5-10-23(11-6-18)9-4-12-24-2/h17-18H,3-16H2,1-2H3,(H2,20,21,22). The lowest BCUT2D eigenvalue weighted by Crippen LogP contribution is -2.49. The topological polar surface area (TPSA) is 67.4 Å². The molecule has 2 heterocycles. The fourth-order valence-corrected chi connectivity index (χ4v) is 3.47. The van der Waals surface area contributed by atoms with Gasteiger partial charge in [-0.1, -0.05) is 0 Å². The predicted molar refractivity (Wildman–Crippen MR) is 105 cm³/mol. The molecule has 26 heavy (non-hydrogen) atoms. The molecule has 0 radical (unpaired) electrons. The van der Waals surface area contributed by atoms with E-state index in [9.17, 15) is 0 Å². The molecule has 0 saturated carbocycles. The number of methoxy groups -OCH3 is 1. The Labute approximate surface area is 158 Å². The van der Waals surface area contributed by atoms with Crippen LogP contribution in [0.3, 0.4) is 0 Å². The normalized spacial score (nSPS) is 22.7. The lowest BCUT2D eigenvalue weighted by molar-refractivity contribution is 0.0888. The van der Waals surface area contributed by atoms with Crippen molar-refractivity contribution in [2.24, 2.45) is 10.9 Å². The maximum absolute atomic E-state index is 5.74. The number of hydrogen-bond acceptors (Lipinski definition) is 5. The first-order valence-corrected chi connectivity index (χ1v) is 10.2. The van der Waals surface area contributed by atoms with Crippen LogP contribution >= 0.6 is 0 Å². The molecule has 0 bridgehead atoms. The molecule has 2 fully saturated rings. The minimum atomic E-state index is 0.512. The van der Waals surface area contributed by atoms with Crippen LogP contribution < -0.4 is 10.6 Å². The molecule has 1 atom stereocenters. The van der Waals surface area contributed by atoms with Crippen LogP contribution in [0.25, 0.3) is 0 Å². The van der Waals surface area contributed by atoms with Gasteiger partial charge in [0.1, 0.15) is 0 Å². The third kappa shape index (κ3) is 8.66. The van der Waals surface area contributed by atoms with E-state index in [-0.39, 0.29) is 0 Å². The SMILES string of the molecule is CN=C(NCCCOCC1CCOC1)NC1CCN(CCCOC)CC1. The largest absolute Gasteiger partial charge is 0.385 e. The molecule has 0 amide bonds. The van der Waals surface area contributed by atoms with Gasteiger partial charge in [0.2, 0.25) is 0 Å². The van der Waals surface area contributed by atoms with Crippen molar-refractivity contribution in [3.05, 3.63) is 0 Å². The van der Waals surface area contributed by atoms with E-state index in [2.05, 4.69) is 20.5 Å². The molecule has 2 N–H and O–H groups in total. The van der Waals surface area contributed by atoms with Gasteiger partial charge in [-0.05, 0) is 32.1 Å². The Balaban J connectivity index is 1.48. The highest BCUT2D eigenvalue weighted by atomic mass is 16.5. The Morgan fingerprint density at radius 1 is 1.19 bits per heavy atom. The molecule has 1 unspecified atom stereocenters. The van der Waals surface area contributed by atoms with Gasteiger partial charge in [-0.15, -0.1) is 0 Å². The molecule has 0 aromatic carbocycles. The van der Waals surface area contributed by atoms with Gasteiger partial charge in [0.05, 0.1) is 13.2 Å². The summed E-state index contributed by atoms with van der Waals surface area (Å²) >= 11 is 0. The maximum atomic E-state index is 5.74. The first-order chi connectivity index (χ1) is 12.8. The summed E-state index contributed by atoms with van der Waals surface area (Å²) in [5.74, 6) is 1.50. The zero-order valence-corrected chi connectivity index (χ0v) is 16.7. The fraction of sp³-hybridized carbons (Fsp3) is 0.947. The second-order valence-corrected chi connectivity index (χ2v) is 7.26. The van der Waals surface area contributed by atoms with E-state index in [1.807, 2.05) is 7.05 Å². The lowest BCUT2D eigenvalue weighted by Gasteiger charge is -2.33. The number of ether oxygens (including phenoxy) is 3. The number of hydrogen-bond donors (Lipinski definition) is 2. The minimum absolute atomic E-state index is 0.512. The maximum Gasteiger partial charge on any atom is 0.191 e. The molecule has 2 rings (SSSR count). The highest BCUT2D eigenvalue weighted by molar-refractivity contribution is 5.79. The van der Waals surface area contributed by atoms with Crippen molar-refractivity contribution >= 4 is 5.96 Å². The Hall–Kier alpha value is -0.890. The number of piperidine rings is 1. The summed E-state index contributed by atoms with van der Waals surface area (Å²) < 4.78 is 16.2. The number of guanidine groups is 1. The summed E-state index contributed by atoms with van der Waals surface area (Å²) in [4.78, 5) is 6.88. The summed E-state index contributed by atoms with van der Waals surface area (Å²) in [6.45, 7) is 8.55. The van der Waals surface area contributed by atoms with E-state index in [4.69, 9.17) is 14.2 Å². The van der Waals surface area contributed by atoms with Crippen LogP contribution in [-0.4, -0.2) is 90.3 Å². The van der Waals surface area contributed by atoms with Crippen LogP contribution in [0.2, 0.25) is 0 Å². The van der Waals surface area contributed by atoms with Gasteiger partial charge < -0.3 is 29.7 Å². The Bertz CT molecular complexity index is 381. The van der Waals surface area contributed by atoms with E-state index >= 15 is 0 Å². The molecule has 7 heteroatoms. The van der Waals surface area contributed by atoms with Crippen LogP contribution in [0, 0.1) is 5.92 Å². The smallest absolute Gasteiger partial charge is 0.191 e. The van der Waals surface area contributed by atoms with Crippen LogP contribution in [-0.2, 0) is 14.2 Å². The molecule has 0 aromatic heterocycles. The molecule has 2 aliphatic rings. The van der Waals surface area contributed by atoms with Gasteiger partial charge in [0, 0.05) is 72.1 Å². The number of nitrogens with zero attached hydrogens (tertiary/aromatic N) is 2. The van der Waals surface area contributed by atoms with Crippen LogP contribution in [0.5, 0.6) is 0 Å². The lowest BCUT2D eigenvalue weighted by atomic mass is 10.1. The van der Waals surface area contributed by atoms with Gasteiger partial charge in [-0.2, -0.15) is 0 Å². The Morgan fingerprint density at radius 3 is 2.73 bits per heavy atom. The van der Waals surface area contributed by atoms with Crippen molar-refractivity contribution in [1.29, 1.82) is 0 Å². The summed E-state index contributed by atoms with van der Waals surface area (Å²) in [6.07, 6.45) is 5.58. The summed E-state index contributed by atoms with van der Waals surface area (Å²) in [5, 5.41) is 6.96. The number of rotatable bonds is 11. The van der Waals surface area contributed by atoms with Crippen molar-refractivity contribution in [3.8, 4) is 0 Å². The highest BCUT2D eigenvalue weighted by Crippen LogP contribution is 2.12. The van der Waals surface area contributed by atoms with Gasteiger partial charge >= 0.3 is 0 Å². The second kappa shape index (κ2) is 13.3. The molecule has 0 aromatic rings.